The van der Waals surface area contributed by atoms with E-state index >= 15 is 0 Å². The van der Waals surface area contributed by atoms with Gasteiger partial charge in [-0.25, -0.2) is 21.9 Å². The van der Waals surface area contributed by atoms with Crippen molar-refractivity contribution in [1.29, 1.82) is 0 Å². The molecule has 0 bridgehead atoms. The minimum Gasteiger partial charge on any atom is -0.374 e. The molecule has 5 nitrogen and oxygen atoms in total. The predicted octanol–water partition coefficient (Wildman–Crippen LogP) is 0.557. The molecule has 0 unspecified atom stereocenters. The maximum absolute atomic E-state index is 12.1. The fourth-order valence-corrected chi connectivity index (χ4v) is 2.62. The Morgan fingerprint density at radius 3 is 2.71 bits per heavy atom. The second kappa shape index (κ2) is 8.69. The van der Waals surface area contributed by atoms with Crippen LogP contribution in [0.15, 0.2) is 29.2 Å². The molecule has 0 aliphatic rings. The van der Waals surface area contributed by atoms with Crippen molar-refractivity contribution in [3.8, 4) is 11.8 Å². The van der Waals surface area contributed by atoms with Crippen LogP contribution in [-0.4, -0.2) is 41.1 Å². The van der Waals surface area contributed by atoms with Gasteiger partial charge in [-0.05, 0) is 12.1 Å². The zero-order valence-corrected chi connectivity index (χ0v) is 12.0. The first-order valence-electron chi connectivity index (χ1n) is 6.11. The van der Waals surface area contributed by atoms with E-state index in [4.69, 9.17) is 5.73 Å². The van der Waals surface area contributed by atoms with E-state index in [1.807, 2.05) is 0 Å². The minimum atomic E-state index is -3.78. The highest BCUT2D eigenvalue weighted by molar-refractivity contribution is 7.89. The smallest absolute Gasteiger partial charge is 0.261 e. The second-order valence-electron chi connectivity index (χ2n) is 3.87. The molecule has 1 rings (SSSR count). The average molecular weight is 318 g/mol. The zero-order valence-electron chi connectivity index (χ0n) is 11.2. The third-order valence-corrected chi connectivity index (χ3v) is 3.80. The first-order chi connectivity index (χ1) is 9.97. The summed E-state index contributed by atoms with van der Waals surface area (Å²) in [6.45, 7) is -0.850. The summed E-state index contributed by atoms with van der Waals surface area (Å²) in [7, 11) is -3.78. The van der Waals surface area contributed by atoms with Crippen LogP contribution in [0.1, 0.15) is 5.56 Å². The number of hydrogen-bond acceptors (Lipinski definition) is 4. The molecule has 0 atom stereocenters. The summed E-state index contributed by atoms with van der Waals surface area (Å²) in [5.74, 6) is 5.25. The highest BCUT2D eigenvalue weighted by Gasteiger charge is 2.16. The molecule has 0 amide bonds. The van der Waals surface area contributed by atoms with Crippen molar-refractivity contribution in [3.05, 3.63) is 29.8 Å². The fourth-order valence-electron chi connectivity index (χ4n) is 1.45. The van der Waals surface area contributed by atoms with Gasteiger partial charge in [0.2, 0.25) is 10.0 Å². The van der Waals surface area contributed by atoms with Crippen LogP contribution in [0.4, 0.5) is 8.78 Å². The van der Waals surface area contributed by atoms with Crippen LogP contribution < -0.4 is 10.5 Å². The van der Waals surface area contributed by atoms with Crippen molar-refractivity contribution < 1.29 is 21.9 Å². The van der Waals surface area contributed by atoms with Crippen molar-refractivity contribution in [2.75, 3.05) is 26.3 Å². The maximum atomic E-state index is 12.1. The Kier molecular flexibility index (Phi) is 7.25. The van der Waals surface area contributed by atoms with Gasteiger partial charge in [-0.1, -0.05) is 24.0 Å². The number of sulfonamides is 1. The van der Waals surface area contributed by atoms with E-state index in [0.717, 1.165) is 0 Å². The van der Waals surface area contributed by atoms with Crippen LogP contribution in [-0.2, 0) is 14.8 Å². The van der Waals surface area contributed by atoms with Crippen LogP contribution in [0.3, 0.4) is 0 Å². The molecule has 0 radical (unpaired) electrons. The molecule has 0 heterocycles. The molecule has 0 spiro atoms. The fraction of sp³-hybridized carbons (Fsp3) is 0.385. The lowest BCUT2D eigenvalue weighted by Crippen LogP contribution is -2.28. The minimum absolute atomic E-state index is 0.0137. The molecule has 0 saturated heterocycles. The Morgan fingerprint density at radius 1 is 1.33 bits per heavy atom. The van der Waals surface area contributed by atoms with Crippen LogP contribution in [0.5, 0.6) is 0 Å². The van der Waals surface area contributed by atoms with Gasteiger partial charge < -0.3 is 10.5 Å². The third kappa shape index (κ3) is 6.18. The molecule has 1 aromatic rings. The van der Waals surface area contributed by atoms with Gasteiger partial charge in [-0.15, -0.1) is 0 Å². The van der Waals surface area contributed by atoms with Crippen LogP contribution in [0, 0.1) is 11.8 Å². The Labute approximate surface area is 122 Å². The molecule has 0 fully saturated rings. The molecule has 0 saturated carbocycles. The summed E-state index contributed by atoms with van der Waals surface area (Å²) in [6, 6.07) is 6.19. The van der Waals surface area contributed by atoms with Gasteiger partial charge in [-0.2, -0.15) is 0 Å². The van der Waals surface area contributed by atoms with Gasteiger partial charge >= 0.3 is 0 Å². The summed E-state index contributed by atoms with van der Waals surface area (Å²) < 4.78 is 54.8. The molecule has 0 aliphatic carbocycles. The third-order valence-electron chi connectivity index (χ3n) is 2.28. The monoisotopic (exact) mass is 318 g/mol. The molecular formula is C13H16F2N2O3S. The Bertz CT molecular complexity index is 609. The number of hydrogen-bond donors (Lipinski definition) is 2. The number of halogens is 2. The van der Waals surface area contributed by atoms with Crippen LogP contribution in [0.25, 0.3) is 0 Å². The summed E-state index contributed by atoms with van der Waals surface area (Å²) >= 11 is 0. The number of nitrogens with one attached hydrogen (secondary N) is 1. The predicted molar refractivity (Wildman–Crippen MR) is 74.4 cm³/mol. The molecular weight excluding hydrogens is 302 g/mol. The number of benzene rings is 1. The van der Waals surface area contributed by atoms with Gasteiger partial charge in [0.25, 0.3) is 6.43 Å². The van der Waals surface area contributed by atoms with Gasteiger partial charge in [0.05, 0.1) is 18.0 Å². The SMILES string of the molecule is NCC#Cc1ccccc1S(=O)(=O)NCCOCC(F)F. The van der Waals surface area contributed by atoms with E-state index < -0.39 is 23.1 Å². The van der Waals surface area contributed by atoms with Crippen molar-refractivity contribution >= 4 is 10.0 Å². The summed E-state index contributed by atoms with van der Waals surface area (Å²) in [5.41, 5.74) is 5.58. The van der Waals surface area contributed by atoms with E-state index in [0.29, 0.717) is 5.56 Å². The number of ether oxygens (including phenoxy) is 1. The van der Waals surface area contributed by atoms with E-state index in [9.17, 15) is 17.2 Å². The molecule has 8 heteroatoms. The van der Waals surface area contributed by atoms with Crippen molar-refractivity contribution in [2.24, 2.45) is 5.73 Å². The van der Waals surface area contributed by atoms with Crippen LogP contribution >= 0.6 is 0 Å². The quantitative estimate of drug-likeness (QED) is 0.568. The number of alkyl halides is 2. The second-order valence-corrected chi connectivity index (χ2v) is 5.60. The molecule has 3 N–H and O–H groups in total. The lowest BCUT2D eigenvalue weighted by atomic mass is 10.2. The zero-order chi connectivity index (χ0) is 15.7. The number of nitrogens with two attached hydrogens (primary N) is 1. The standard InChI is InChI=1S/C13H16F2N2O3S/c14-13(15)10-20-9-8-17-21(18,19)12-6-2-1-4-11(12)5-3-7-16/h1-2,4,6,13,17H,7-10,16H2. The summed E-state index contributed by atoms with van der Waals surface area (Å²) in [6.07, 6.45) is -2.58. The molecule has 0 aromatic heterocycles. The Hall–Kier alpha value is -1.53. The van der Waals surface area contributed by atoms with Gasteiger partial charge in [0.1, 0.15) is 6.61 Å². The van der Waals surface area contributed by atoms with Crippen LogP contribution in [0.2, 0.25) is 0 Å². The lowest BCUT2D eigenvalue weighted by Gasteiger charge is -2.09. The van der Waals surface area contributed by atoms with Gasteiger partial charge in [0.15, 0.2) is 0 Å². The first kappa shape index (κ1) is 17.5. The molecule has 1 aromatic carbocycles. The molecule has 0 aliphatic heterocycles. The normalized spacial score (nSPS) is 11.2. The summed E-state index contributed by atoms with van der Waals surface area (Å²) in [4.78, 5) is 0.0137. The molecule has 116 valence electrons. The summed E-state index contributed by atoms with van der Waals surface area (Å²) in [5, 5.41) is 0. The van der Waals surface area contributed by atoms with Crippen molar-refractivity contribution in [1.82, 2.24) is 4.72 Å². The van der Waals surface area contributed by atoms with Gasteiger partial charge in [0, 0.05) is 12.1 Å². The van der Waals surface area contributed by atoms with E-state index in [2.05, 4.69) is 21.3 Å². The van der Waals surface area contributed by atoms with E-state index in [-0.39, 0.29) is 24.6 Å². The highest BCUT2D eigenvalue weighted by atomic mass is 32.2. The first-order valence-corrected chi connectivity index (χ1v) is 7.59. The largest absolute Gasteiger partial charge is 0.374 e. The van der Waals surface area contributed by atoms with Crippen molar-refractivity contribution in [3.63, 3.8) is 0 Å². The number of rotatable bonds is 7. The molecule has 21 heavy (non-hydrogen) atoms. The lowest BCUT2D eigenvalue weighted by molar-refractivity contribution is 0.0199. The topological polar surface area (TPSA) is 81.4 Å². The average Bonchev–Trinajstić information content (AvgIpc) is 2.44. The Morgan fingerprint density at radius 2 is 2.05 bits per heavy atom. The van der Waals surface area contributed by atoms with Crippen molar-refractivity contribution in [2.45, 2.75) is 11.3 Å². The van der Waals surface area contributed by atoms with E-state index in [1.54, 1.807) is 18.2 Å². The Balaban J connectivity index is 2.70. The highest BCUT2D eigenvalue weighted by Crippen LogP contribution is 2.13. The maximum Gasteiger partial charge on any atom is 0.261 e. The van der Waals surface area contributed by atoms with E-state index in [1.165, 1.54) is 6.07 Å². The van der Waals surface area contributed by atoms with Gasteiger partial charge in [-0.3, -0.25) is 0 Å².